The molecule has 29 heavy (non-hydrogen) atoms. The number of benzene rings is 1. The summed E-state index contributed by atoms with van der Waals surface area (Å²) in [6.45, 7) is 4.08. The monoisotopic (exact) mass is 387 g/mol. The van der Waals surface area contributed by atoms with Gasteiger partial charge in [0.05, 0.1) is 16.7 Å². The molecule has 0 radical (unpaired) electrons. The van der Waals surface area contributed by atoms with Gasteiger partial charge in [-0.1, -0.05) is 0 Å². The highest BCUT2D eigenvalue weighted by Gasteiger charge is 2.17. The molecule has 0 saturated carbocycles. The summed E-state index contributed by atoms with van der Waals surface area (Å²) in [6.07, 6.45) is 5.07. The number of aromatic amines is 2. The fraction of sp³-hybridized carbons (Fsp3) is 0.143. The van der Waals surface area contributed by atoms with Crippen LogP contribution in [0, 0.1) is 5.82 Å². The number of nitrogens with one attached hydrogen (secondary N) is 3. The molecule has 3 N–H and O–H groups in total. The molecule has 0 aliphatic heterocycles. The summed E-state index contributed by atoms with van der Waals surface area (Å²) >= 11 is 0. The Balaban J connectivity index is 1.65. The molecule has 0 aliphatic rings. The number of H-pyrrole nitrogens is 2. The summed E-state index contributed by atoms with van der Waals surface area (Å²) in [5, 5.41) is 11.3. The highest BCUT2D eigenvalue weighted by Crippen LogP contribution is 2.32. The zero-order chi connectivity index (χ0) is 20.0. The molecule has 5 aromatic rings. The van der Waals surface area contributed by atoms with Crippen LogP contribution < -0.4 is 5.32 Å². The minimum absolute atomic E-state index is 0.251. The number of hydrogen-bond donors (Lipinski definition) is 3. The molecule has 0 spiro atoms. The number of anilines is 1. The summed E-state index contributed by atoms with van der Waals surface area (Å²) in [6, 6.07) is 9.11. The van der Waals surface area contributed by atoms with E-state index in [4.69, 9.17) is 0 Å². The van der Waals surface area contributed by atoms with E-state index in [-0.39, 0.29) is 11.9 Å². The van der Waals surface area contributed by atoms with E-state index in [1.807, 2.05) is 32.0 Å². The summed E-state index contributed by atoms with van der Waals surface area (Å²) in [5.74, 6) is 0.235. The Hall–Kier alpha value is -3.81. The average Bonchev–Trinajstić information content (AvgIpc) is 3.30. The molecule has 0 saturated heterocycles. The van der Waals surface area contributed by atoms with Gasteiger partial charge in [-0.05, 0) is 38.1 Å². The van der Waals surface area contributed by atoms with Crippen molar-refractivity contribution in [3.05, 3.63) is 54.7 Å². The van der Waals surface area contributed by atoms with Gasteiger partial charge in [0.1, 0.15) is 11.5 Å². The molecular weight excluding hydrogens is 369 g/mol. The van der Waals surface area contributed by atoms with Crippen molar-refractivity contribution >= 4 is 27.8 Å². The fourth-order valence-electron chi connectivity index (χ4n) is 3.40. The van der Waals surface area contributed by atoms with Crippen LogP contribution in [0.3, 0.4) is 0 Å². The largest absolute Gasteiger partial charge is 0.382 e. The third-order valence-corrected chi connectivity index (χ3v) is 4.64. The maximum Gasteiger partial charge on any atom is 0.178 e. The van der Waals surface area contributed by atoms with Crippen LogP contribution in [-0.4, -0.2) is 36.2 Å². The van der Waals surface area contributed by atoms with E-state index in [0.29, 0.717) is 33.8 Å². The molecule has 144 valence electrons. The van der Waals surface area contributed by atoms with Crippen LogP contribution in [0.4, 0.5) is 10.1 Å². The van der Waals surface area contributed by atoms with E-state index >= 15 is 0 Å². The number of pyridine rings is 2. The third kappa shape index (κ3) is 3.08. The minimum atomic E-state index is -0.345. The van der Waals surface area contributed by atoms with Crippen molar-refractivity contribution in [2.45, 2.75) is 19.9 Å². The molecule has 8 heteroatoms. The van der Waals surface area contributed by atoms with Crippen molar-refractivity contribution in [1.82, 2.24) is 30.1 Å². The molecule has 5 rings (SSSR count). The average molecular weight is 387 g/mol. The van der Waals surface area contributed by atoms with Crippen molar-refractivity contribution in [2.24, 2.45) is 0 Å². The van der Waals surface area contributed by atoms with Gasteiger partial charge in [-0.2, -0.15) is 5.10 Å². The second-order valence-corrected chi connectivity index (χ2v) is 7.17. The van der Waals surface area contributed by atoms with E-state index < -0.39 is 0 Å². The normalized spacial score (nSPS) is 11.6. The van der Waals surface area contributed by atoms with E-state index in [2.05, 4.69) is 35.5 Å². The number of nitrogens with zero attached hydrogens (tertiary/aromatic N) is 4. The van der Waals surface area contributed by atoms with Gasteiger partial charge in [0.25, 0.3) is 0 Å². The molecule has 0 atom stereocenters. The van der Waals surface area contributed by atoms with Gasteiger partial charge in [0.15, 0.2) is 11.5 Å². The van der Waals surface area contributed by atoms with Gasteiger partial charge >= 0.3 is 0 Å². The predicted molar refractivity (Wildman–Crippen MR) is 111 cm³/mol. The summed E-state index contributed by atoms with van der Waals surface area (Å²) in [7, 11) is 0. The lowest BCUT2D eigenvalue weighted by Crippen LogP contribution is -2.09. The topological polar surface area (TPSA) is 95.2 Å². The summed E-state index contributed by atoms with van der Waals surface area (Å²) in [5.41, 5.74) is 4.62. The first kappa shape index (κ1) is 17.3. The first-order valence-electron chi connectivity index (χ1n) is 9.29. The number of imidazole rings is 1. The highest BCUT2D eigenvalue weighted by atomic mass is 19.1. The number of fused-ring (bicyclic) bond motifs is 2. The molecule has 0 amide bonds. The van der Waals surface area contributed by atoms with E-state index in [9.17, 15) is 4.39 Å². The third-order valence-electron chi connectivity index (χ3n) is 4.64. The van der Waals surface area contributed by atoms with Crippen LogP contribution in [0.2, 0.25) is 0 Å². The first-order valence-corrected chi connectivity index (χ1v) is 9.29. The molecule has 0 bridgehead atoms. The number of rotatable bonds is 4. The van der Waals surface area contributed by atoms with Crippen molar-refractivity contribution < 1.29 is 4.39 Å². The van der Waals surface area contributed by atoms with Crippen LogP contribution in [0.1, 0.15) is 13.8 Å². The van der Waals surface area contributed by atoms with E-state index in [1.165, 1.54) is 6.07 Å². The van der Waals surface area contributed by atoms with E-state index in [1.54, 1.807) is 24.7 Å². The van der Waals surface area contributed by atoms with Crippen molar-refractivity contribution in [3.63, 3.8) is 0 Å². The zero-order valence-electron chi connectivity index (χ0n) is 15.9. The molecule has 1 aromatic carbocycles. The summed E-state index contributed by atoms with van der Waals surface area (Å²) in [4.78, 5) is 16.2. The van der Waals surface area contributed by atoms with Gasteiger partial charge in [0, 0.05) is 47.2 Å². The van der Waals surface area contributed by atoms with Gasteiger partial charge < -0.3 is 10.3 Å². The molecule has 0 aliphatic carbocycles. The van der Waals surface area contributed by atoms with Crippen LogP contribution in [0.25, 0.3) is 44.7 Å². The highest BCUT2D eigenvalue weighted by molar-refractivity contribution is 5.95. The number of halogens is 1. The Labute approximate surface area is 165 Å². The lowest BCUT2D eigenvalue weighted by atomic mass is 10.0. The number of hydrogen-bond acceptors (Lipinski definition) is 5. The number of aromatic nitrogens is 6. The van der Waals surface area contributed by atoms with Crippen LogP contribution in [0.15, 0.2) is 48.9 Å². The molecule has 0 unspecified atom stereocenters. The minimum Gasteiger partial charge on any atom is -0.382 e. The predicted octanol–water partition coefficient (Wildman–Crippen LogP) is 4.52. The lowest BCUT2D eigenvalue weighted by Gasteiger charge is -2.11. The van der Waals surface area contributed by atoms with Gasteiger partial charge in [-0.15, -0.1) is 0 Å². The van der Waals surface area contributed by atoms with Gasteiger partial charge in [-0.3, -0.25) is 10.1 Å². The lowest BCUT2D eigenvalue weighted by molar-refractivity contribution is 0.632. The maximum atomic E-state index is 14.8. The SMILES string of the molecule is CC(C)Nc1cncc(-c2cc3c(-c4nc5ncccc5[nH]4)n[nH]c3cc2F)c1. The Bertz CT molecular complexity index is 1300. The Morgan fingerprint density at radius 3 is 2.83 bits per heavy atom. The van der Waals surface area contributed by atoms with Crippen molar-refractivity contribution in [1.29, 1.82) is 0 Å². The Morgan fingerprint density at radius 1 is 1.10 bits per heavy atom. The molecule has 7 nitrogen and oxygen atoms in total. The Kier molecular flexibility index (Phi) is 3.97. The van der Waals surface area contributed by atoms with Crippen LogP contribution >= 0.6 is 0 Å². The zero-order valence-corrected chi connectivity index (χ0v) is 15.9. The second-order valence-electron chi connectivity index (χ2n) is 7.17. The van der Waals surface area contributed by atoms with Gasteiger partial charge in [0.2, 0.25) is 0 Å². The standard InChI is InChI=1S/C21H18FN7/c1-11(2)25-13-6-12(9-23-10-13)14-7-15-18(8-16(14)22)28-29-19(15)21-26-17-4-3-5-24-20(17)27-21/h3-11,25H,1-2H3,(H,28,29)(H,24,26,27). The van der Waals surface area contributed by atoms with Crippen molar-refractivity contribution in [3.8, 4) is 22.6 Å². The molecule has 4 heterocycles. The van der Waals surface area contributed by atoms with Crippen LogP contribution in [0.5, 0.6) is 0 Å². The first-order chi connectivity index (χ1) is 14.1. The van der Waals surface area contributed by atoms with Crippen molar-refractivity contribution in [2.75, 3.05) is 5.32 Å². The van der Waals surface area contributed by atoms with Crippen LogP contribution in [-0.2, 0) is 0 Å². The van der Waals surface area contributed by atoms with E-state index in [0.717, 1.165) is 16.6 Å². The summed E-state index contributed by atoms with van der Waals surface area (Å²) < 4.78 is 14.8. The molecular formula is C21H18FN7. The smallest absolute Gasteiger partial charge is 0.178 e. The maximum absolute atomic E-state index is 14.8. The molecule has 0 fully saturated rings. The quantitative estimate of drug-likeness (QED) is 0.421. The van der Waals surface area contributed by atoms with Gasteiger partial charge in [-0.25, -0.2) is 14.4 Å². The fourth-order valence-corrected chi connectivity index (χ4v) is 3.40. The molecule has 4 aromatic heterocycles. The Morgan fingerprint density at radius 2 is 2.00 bits per heavy atom. The second kappa shape index (κ2) is 6.66.